The fourth-order valence-corrected chi connectivity index (χ4v) is 3.89. The number of ketones is 1. The van der Waals surface area contributed by atoms with Crippen LogP contribution >= 0.6 is 34.8 Å². The van der Waals surface area contributed by atoms with Crippen molar-refractivity contribution in [3.8, 4) is 5.88 Å². The van der Waals surface area contributed by atoms with Gasteiger partial charge >= 0.3 is 0 Å². The summed E-state index contributed by atoms with van der Waals surface area (Å²) in [6.45, 7) is 0.742. The summed E-state index contributed by atoms with van der Waals surface area (Å²) in [7, 11) is 1.76. The Bertz CT molecular complexity index is 818. The molecule has 4 rings (SSSR count). The van der Waals surface area contributed by atoms with Gasteiger partial charge in [-0.3, -0.25) is 4.79 Å². The van der Waals surface area contributed by atoms with Crippen molar-refractivity contribution in [2.45, 2.75) is 44.6 Å². The lowest BCUT2D eigenvalue weighted by Crippen LogP contribution is -2.25. The number of nitrogens with zero attached hydrogens (tertiary/aromatic N) is 1. The van der Waals surface area contributed by atoms with E-state index in [1.165, 1.54) is 0 Å². The van der Waals surface area contributed by atoms with Crippen molar-refractivity contribution >= 4 is 54.9 Å². The summed E-state index contributed by atoms with van der Waals surface area (Å²) in [6, 6.07) is 7.99. The molecule has 6 heteroatoms. The highest BCUT2D eigenvalue weighted by atomic mass is 127. The van der Waals surface area contributed by atoms with Crippen LogP contribution in [0.15, 0.2) is 24.3 Å². The first kappa shape index (κ1) is 20.6. The lowest BCUT2D eigenvalue weighted by Gasteiger charge is -2.26. The number of fused-ring (bicyclic) bond motifs is 2. The van der Waals surface area contributed by atoms with Crippen LogP contribution in [0.4, 0.5) is 0 Å². The van der Waals surface area contributed by atoms with Crippen LogP contribution in [0, 0.1) is 5.92 Å². The molecule has 4 nitrogen and oxygen atoms in total. The number of pyridine rings is 1. The van der Waals surface area contributed by atoms with Crippen LogP contribution in [0.5, 0.6) is 5.88 Å². The average molecular weight is 497 g/mol. The minimum absolute atomic E-state index is 0.128. The third kappa shape index (κ3) is 5.03. The summed E-state index contributed by atoms with van der Waals surface area (Å²) in [5.74, 6) is 1.15. The molecule has 0 unspecified atom stereocenters. The van der Waals surface area contributed by atoms with Crippen molar-refractivity contribution in [2.75, 3.05) is 13.7 Å². The van der Waals surface area contributed by atoms with Gasteiger partial charge < -0.3 is 9.47 Å². The van der Waals surface area contributed by atoms with E-state index in [0.717, 1.165) is 73.0 Å². The van der Waals surface area contributed by atoms with E-state index in [4.69, 9.17) is 9.47 Å². The molecule has 2 aromatic rings. The number of carbonyl (C=O) groups is 1. The summed E-state index contributed by atoms with van der Waals surface area (Å²) in [5, 5.41) is 1.04. The molecule has 0 radical (unpaired) electrons. The van der Waals surface area contributed by atoms with Crippen LogP contribution in [-0.4, -0.2) is 34.0 Å². The molecule has 0 amide bonds. The Kier molecular flexibility index (Phi) is 7.55. The summed E-state index contributed by atoms with van der Waals surface area (Å²) < 4.78 is 12.6. The molecule has 0 spiro atoms. The Morgan fingerprint density at radius 1 is 1.30 bits per heavy atom. The molecule has 0 N–H and O–H groups in total. The molecule has 2 heterocycles. The van der Waals surface area contributed by atoms with Gasteiger partial charge in [-0.05, 0) is 85.4 Å². The minimum atomic E-state index is 0.128. The molecule has 1 fully saturated rings. The van der Waals surface area contributed by atoms with Crippen LogP contribution in [0.25, 0.3) is 10.9 Å². The normalized spacial score (nSPS) is 21.4. The van der Waals surface area contributed by atoms with Crippen LogP contribution in [-0.2, 0) is 11.2 Å². The summed E-state index contributed by atoms with van der Waals surface area (Å²) in [6.07, 6.45) is 6.15. The third-order valence-corrected chi connectivity index (χ3v) is 5.35. The van der Waals surface area contributed by atoms with Gasteiger partial charge in [-0.15, -0.1) is 0 Å². The van der Waals surface area contributed by atoms with Gasteiger partial charge in [0.15, 0.2) is 5.78 Å². The summed E-state index contributed by atoms with van der Waals surface area (Å²) in [5.41, 5.74) is 2.86. The van der Waals surface area contributed by atoms with Gasteiger partial charge in [0, 0.05) is 32.9 Å². The van der Waals surface area contributed by atoms with Crippen LogP contribution in [0.3, 0.4) is 0 Å². The molecule has 0 saturated heterocycles. The number of Topliss-reactive ketones (excluding diaryl/α,β-unsaturated/α-hetero) is 1. The zero-order valence-corrected chi connectivity index (χ0v) is 18.4. The Hall–Kier alpha value is -1.12. The predicted molar refractivity (Wildman–Crippen MR) is 120 cm³/mol. The molecule has 1 aliphatic heterocycles. The van der Waals surface area contributed by atoms with Crippen molar-refractivity contribution in [3.05, 3.63) is 35.4 Å². The Balaban J connectivity index is 0.000000659. The highest BCUT2D eigenvalue weighted by Crippen LogP contribution is 2.31. The topological polar surface area (TPSA) is 48.4 Å². The quantitative estimate of drug-likeness (QED) is 0.249. The lowest BCUT2D eigenvalue weighted by atomic mass is 9.82. The van der Waals surface area contributed by atoms with Gasteiger partial charge in [0.25, 0.3) is 0 Å². The second-order valence-electron chi connectivity index (χ2n) is 6.97. The highest BCUT2D eigenvalue weighted by Gasteiger charge is 2.27. The Morgan fingerprint density at radius 3 is 2.74 bits per heavy atom. The molecule has 0 atom stereocenters. The van der Waals surface area contributed by atoms with Gasteiger partial charge in [-0.25, -0.2) is 4.98 Å². The minimum Gasteiger partial charge on any atom is -0.477 e. The van der Waals surface area contributed by atoms with Crippen molar-refractivity contribution < 1.29 is 14.3 Å². The van der Waals surface area contributed by atoms with E-state index >= 15 is 0 Å². The molecule has 1 aliphatic carbocycles. The number of aromatic nitrogens is 1. The number of aryl methyl sites for hydroxylation is 1. The van der Waals surface area contributed by atoms with E-state index in [-0.39, 0.29) is 11.7 Å². The summed E-state index contributed by atoms with van der Waals surface area (Å²) >= 11 is 6.23. The zero-order chi connectivity index (χ0) is 19.2. The molecule has 0 bridgehead atoms. The number of hydrogen-bond acceptors (Lipinski definition) is 5. The molecular weight excluding hydrogens is 473 g/mol. The van der Waals surface area contributed by atoms with Gasteiger partial charge in [-0.1, -0.05) is 12.2 Å². The van der Waals surface area contributed by atoms with E-state index in [2.05, 4.69) is 23.3 Å². The number of ether oxygens (including phenoxy) is 2. The summed E-state index contributed by atoms with van der Waals surface area (Å²) in [4.78, 5) is 17.4. The molecule has 27 heavy (non-hydrogen) atoms. The van der Waals surface area contributed by atoms with Gasteiger partial charge in [0.1, 0.15) is 0 Å². The SMILES string of the molecule is COC1CCC(C(=O)c2ccc3nc4c(cc3c2)CCCO4)CC1.S=CI. The molecule has 1 aromatic carbocycles. The van der Waals surface area contributed by atoms with Gasteiger partial charge in [0.05, 0.1) is 18.2 Å². The van der Waals surface area contributed by atoms with Gasteiger partial charge in [0.2, 0.25) is 5.88 Å². The van der Waals surface area contributed by atoms with Crippen molar-refractivity contribution in [1.29, 1.82) is 0 Å². The first-order valence-corrected chi connectivity index (χ1v) is 11.0. The highest BCUT2D eigenvalue weighted by molar-refractivity contribution is 14.1. The molecule has 1 saturated carbocycles. The predicted octanol–water partition coefficient (Wildman–Crippen LogP) is 5.33. The third-order valence-electron chi connectivity index (χ3n) is 5.35. The standard InChI is InChI=1S/C20H23NO3.CHIS/c1-23-17-7-4-13(5-8-17)19(22)14-6-9-18-16(11-14)12-15-3-2-10-24-20(15)21-18;2-1-3/h6,9,11-13,17H,2-5,7-8,10H2,1H3;1H. The number of halogens is 1. The number of rotatable bonds is 3. The molecule has 1 aromatic heterocycles. The number of thiocarbonyl (C=S) groups is 1. The second kappa shape index (κ2) is 9.89. The van der Waals surface area contributed by atoms with Gasteiger partial charge in [-0.2, -0.15) is 0 Å². The largest absolute Gasteiger partial charge is 0.477 e. The number of carbonyl (C=O) groups excluding carboxylic acids is 1. The zero-order valence-electron chi connectivity index (χ0n) is 15.4. The smallest absolute Gasteiger partial charge is 0.217 e. The van der Waals surface area contributed by atoms with E-state index < -0.39 is 0 Å². The van der Waals surface area contributed by atoms with Crippen molar-refractivity contribution in [3.63, 3.8) is 0 Å². The lowest BCUT2D eigenvalue weighted by molar-refractivity contribution is 0.0519. The number of benzene rings is 1. The molecule has 2 aliphatic rings. The Morgan fingerprint density at radius 2 is 2.04 bits per heavy atom. The maximum Gasteiger partial charge on any atom is 0.217 e. The first-order valence-electron chi connectivity index (χ1n) is 9.33. The average Bonchev–Trinajstić information content (AvgIpc) is 2.72. The monoisotopic (exact) mass is 497 g/mol. The van der Waals surface area contributed by atoms with E-state index in [0.29, 0.717) is 6.10 Å². The first-order chi connectivity index (χ1) is 13.2. The van der Waals surface area contributed by atoms with Crippen LogP contribution in [0.2, 0.25) is 0 Å². The van der Waals surface area contributed by atoms with Crippen molar-refractivity contribution in [1.82, 2.24) is 4.98 Å². The van der Waals surface area contributed by atoms with E-state index in [9.17, 15) is 4.79 Å². The second-order valence-corrected chi connectivity index (χ2v) is 8.68. The maximum absolute atomic E-state index is 12.8. The number of methoxy groups -OCH3 is 1. The van der Waals surface area contributed by atoms with E-state index in [1.807, 2.05) is 40.8 Å². The fraction of sp³-hybridized carbons (Fsp3) is 0.476. The maximum atomic E-state index is 12.8. The Labute approximate surface area is 179 Å². The van der Waals surface area contributed by atoms with E-state index in [1.54, 1.807) is 10.5 Å². The van der Waals surface area contributed by atoms with Crippen LogP contribution in [0.1, 0.15) is 48.0 Å². The molecule has 144 valence electrons. The van der Waals surface area contributed by atoms with Crippen molar-refractivity contribution in [2.24, 2.45) is 5.92 Å². The number of hydrogen-bond donors (Lipinski definition) is 0. The van der Waals surface area contributed by atoms with Crippen LogP contribution < -0.4 is 4.74 Å². The fourth-order valence-electron chi connectivity index (χ4n) is 3.89. The molecular formula is C21H24INO3S.